The van der Waals surface area contributed by atoms with Gasteiger partial charge in [-0.1, -0.05) is 33.2 Å². The lowest BCUT2D eigenvalue weighted by Crippen LogP contribution is -2.22. The van der Waals surface area contributed by atoms with Crippen molar-refractivity contribution in [2.45, 2.75) is 6.54 Å². The number of nitrogens with one attached hydrogen (secondary N) is 1. The highest BCUT2D eigenvalue weighted by atomic mass is 79.9. The minimum Gasteiger partial charge on any atom is -0.364 e. The Hall–Kier alpha value is -2.14. The van der Waals surface area contributed by atoms with Crippen molar-refractivity contribution in [2.24, 2.45) is 0 Å². The van der Waals surface area contributed by atoms with Crippen LogP contribution in [0.4, 0.5) is 0 Å². The number of carbonyl (C=O) groups excluding carboxylic acids is 1. The van der Waals surface area contributed by atoms with Gasteiger partial charge in [-0.2, -0.15) is 0 Å². The third-order valence-electron chi connectivity index (χ3n) is 2.99. The number of carbonyl (C=O) groups is 1. The summed E-state index contributed by atoms with van der Waals surface area (Å²) in [6.07, 6.45) is 1.48. The van der Waals surface area contributed by atoms with Crippen LogP contribution in [0.2, 0.25) is 0 Å². The normalized spacial score (nSPS) is 10.7. The van der Waals surface area contributed by atoms with Crippen LogP contribution in [0.3, 0.4) is 0 Å². The van der Waals surface area contributed by atoms with Crippen molar-refractivity contribution in [3.8, 4) is 0 Å². The molecule has 5 heteroatoms. The Balaban J connectivity index is 1.79. The quantitative estimate of drug-likeness (QED) is 0.799. The van der Waals surface area contributed by atoms with E-state index in [1.165, 1.54) is 6.26 Å². The van der Waals surface area contributed by atoms with Crippen molar-refractivity contribution in [1.29, 1.82) is 0 Å². The number of hydrogen-bond donors (Lipinski definition) is 1. The predicted octanol–water partition coefficient (Wildman–Crippen LogP) is 3.52. The molecule has 0 spiro atoms. The molecular weight excluding hydrogens is 320 g/mol. The van der Waals surface area contributed by atoms with E-state index in [9.17, 15) is 4.79 Å². The third kappa shape index (κ3) is 2.72. The third-order valence-corrected chi connectivity index (χ3v) is 3.48. The van der Waals surface area contributed by atoms with Gasteiger partial charge in [-0.3, -0.25) is 4.79 Å². The number of fused-ring (bicyclic) bond motifs is 1. The highest BCUT2D eigenvalue weighted by molar-refractivity contribution is 9.10. The van der Waals surface area contributed by atoms with Crippen molar-refractivity contribution < 1.29 is 9.32 Å². The first-order valence-corrected chi connectivity index (χ1v) is 6.88. The molecule has 20 heavy (non-hydrogen) atoms. The number of halogens is 1. The summed E-state index contributed by atoms with van der Waals surface area (Å²) in [6, 6.07) is 13.3. The fraction of sp³-hybridized carbons (Fsp3) is 0.0667. The summed E-state index contributed by atoms with van der Waals surface area (Å²) in [5, 5.41) is 8.67. The van der Waals surface area contributed by atoms with Crippen molar-refractivity contribution >= 4 is 32.6 Å². The van der Waals surface area contributed by atoms with E-state index in [-0.39, 0.29) is 5.91 Å². The summed E-state index contributed by atoms with van der Waals surface area (Å²) in [5.41, 5.74) is 1.33. The zero-order valence-electron chi connectivity index (χ0n) is 10.5. The molecule has 3 aromatic rings. The van der Waals surface area contributed by atoms with Crippen LogP contribution in [-0.2, 0) is 6.54 Å². The van der Waals surface area contributed by atoms with Crippen molar-refractivity contribution in [2.75, 3.05) is 0 Å². The summed E-state index contributed by atoms with van der Waals surface area (Å²) in [5.74, 6) is -0.127. The summed E-state index contributed by atoms with van der Waals surface area (Å²) < 4.78 is 5.74. The SMILES string of the molecule is O=C(NCc1ccon1)c1ccc2cc(Br)ccc2c1. The van der Waals surface area contributed by atoms with Crippen LogP contribution < -0.4 is 5.32 Å². The van der Waals surface area contributed by atoms with Crippen LogP contribution in [0.25, 0.3) is 10.8 Å². The van der Waals surface area contributed by atoms with Gasteiger partial charge in [-0.25, -0.2) is 0 Å². The Bertz CT molecular complexity index is 754. The second-order valence-electron chi connectivity index (χ2n) is 4.38. The first-order valence-electron chi connectivity index (χ1n) is 6.09. The van der Waals surface area contributed by atoms with Gasteiger partial charge >= 0.3 is 0 Å². The Kier molecular flexibility index (Phi) is 3.52. The fourth-order valence-corrected chi connectivity index (χ4v) is 2.34. The highest BCUT2D eigenvalue weighted by Gasteiger charge is 2.07. The summed E-state index contributed by atoms with van der Waals surface area (Å²) in [6.45, 7) is 0.355. The van der Waals surface area contributed by atoms with E-state index >= 15 is 0 Å². The largest absolute Gasteiger partial charge is 0.364 e. The molecule has 4 nitrogen and oxygen atoms in total. The molecule has 1 amide bonds. The maximum atomic E-state index is 12.1. The number of nitrogens with zero attached hydrogens (tertiary/aromatic N) is 1. The Morgan fingerprint density at radius 2 is 1.95 bits per heavy atom. The Morgan fingerprint density at radius 3 is 2.75 bits per heavy atom. The summed E-state index contributed by atoms with van der Waals surface area (Å²) in [4.78, 5) is 12.1. The standard InChI is InChI=1S/C15H11BrN2O2/c16-13-4-3-10-7-12(2-1-11(10)8-13)15(19)17-9-14-5-6-20-18-14/h1-8H,9H2,(H,17,19). The topological polar surface area (TPSA) is 55.1 Å². The number of amides is 1. The van der Waals surface area contributed by atoms with Gasteiger partial charge in [0.1, 0.15) is 12.0 Å². The molecule has 0 saturated carbocycles. The molecule has 0 saturated heterocycles. The predicted molar refractivity (Wildman–Crippen MR) is 79.3 cm³/mol. The molecule has 0 aliphatic rings. The molecule has 1 heterocycles. The maximum absolute atomic E-state index is 12.1. The average molecular weight is 331 g/mol. The van der Waals surface area contributed by atoms with Gasteiger partial charge in [0.15, 0.2) is 0 Å². The minimum absolute atomic E-state index is 0.127. The molecule has 100 valence electrons. The van der Waals surface area contributed by atoms with Crippen LogP contribution in [-0.4, -0.2) is 11.1 Å². The van der Waals surface area contributed by atoms with Gasteiger partial charge in [0.2, 0.25) is 0 Å². The van der Waals surface area contributed by atoms with Crippen LogP contribution in [0.5, 0.6) is 0 Å². The van der Waals surface area contributed by atoms with Gasteiger partial charge < -0.3 is 9.84 Å². The van der Waals surface area contributed by atoms with E-state index in [4.69, 9.17) is 4.52 Å². The second-order valence-corrected chi connectivity index (χ2v) is 5.30. The van der Waals surface area contributed by atoms with Crippen molar-refractivity contribution in [1.82, 2.24) is 10.5 Å². The minimum atomic E-state index is -0.127. The first-order chi connectivity index (χ1) is 9.72. The molecule has 1 aromatic heterocycles. The maximum Gasteiger partial charge on any atom is 0.251 e. The van der Waals surface area contributed by atoms with Gasteiger partial charge in [-0.05, 0) is 35.0 Å². The highest BCUT2D eigenvalue weighted by Crippen LogP contribution is 2.21. The van der Waals surface area contributed by atoms with Crippen LogP contribution >= 0.6 is 15.9 Å². The van der Waals surface area contributed by atoms with E-state index in [2.05, 4.69) is 26.4 Å². The van der Waals surface area contributed by atoms with Crippen LogP contribution in [0, 0.1) is 0 Å². The molecule has 3 rings (SSSR count). The molecule has 0 aliphatic carbocycles. The molecule has 0 fully saturated rings. The lowest BCUT2D eigenvalue weighted by atomic mass is 10.1. The Labute approximate surface area is 123 Å². The molecule has 0 unspecified atom stereocenters. The van der Waals surface area contributed by atoms with E-state index < -0.39 is 0 Å². The summed E-state index contributed by atoms with van der Waals surface area (Å²) in [7, 11) is 0. The number of hydrogen-bond acceptors (Lipinski definition) is 3. The van der Waals surface area contributed by atoms with Crippen LogP contribution in [0.1, 0.15) is 16.1 Å². The van der Waals surface area contributed by atoms with Gasteiger partial charge in [0.25, 0.3) is 5.91 Å². The number of aromatic nitrogens is 1. The molecule has 0 bridgehead atoms. The second kappa shape index (κ2) is 5.46. The lowest BCUT2D eigenvalue weighted by Gasteiger charge is -2.05. The molecule has 0 aliphatic heterocycles. The summed E-state index contributed by atoms with van der Waals surface area (Å²) >= 11 is 3.43. The zero-order chi connectivity index (χ0) is 13.9. The van der Waals surface area contributed by atoms with Gasteiger partial charge in [-0.15, -0.1) is 0 Å². The average Bonchev–Trinajstić information content (AvgIpc) is 2.97. The molecular formula is C15H11BrN2O2. The van der Waals surface area contributed by atoms with Gasteiger partial charge in [0.05, 0.1) is 6.54 Å². The zero-order valence-corrected chi connectivity index (χ0v) is 12.1. The van der Waals surface area contributed by atoms with E-state index in [1.807, 2.05) is 36.4 Å². The van der Waals surface area contributed by atoms with Gasteiger partial charge in [0, 0.05) is 16.1 Å². The van der Waals surface area contributed by atoms with Crippen molar-refractivity contribution in [3.63, 3.8) is 0 Å². The monoisotopic (exact) mass is 330 g/mol. The molecule has 0 atom stereocenters. The fourth-order valence-electron chi connectivity index (χ4n) is 1.96. The molecule has 0 radical (unpaired) electrons. The van der Waals surface area contributed by atoms with Crippen molar-refractivity contribution in [3.05, 3.63) is 64.5 Å². The lowest BCUT2D eigenvalue weighted by molar-refractivity contribution is 0.0950. The van der Waals surface area contributed by atoms with E-state index in [0.717, 1.165) is 15.2 Å². The number of rotatable bonds is 3. The molecule has 1 N–H and O–H groups in total. The number of benzene rings is 2. The van der Waals surface area contributed by atoms with Crippen LogP contribution in [0.15, 0.2) is 57.7 Å². The smallest absolute Gasteiger partial charge is 0.251 e. The van der Waals surface area contributed by atoms with E-state index in [0.29, 0.717) is 17.8 Å². The first kappa shape index (κ1) is 12.9. The Morgan fingerprint density at radius 1 is 1.15 bits per heavy atom. The van der Waals surface area contributed by atoms with E-state index in [1.54, 1.807) is 6.07 Å². The molecule has 2 aromatic carbocycles.